The fourth-order valence-corrected chi connectivity index (χ4v) is 5.04. The van der Waals surface area contributed by atoms with Crippen molar-refractivity contribution in [2.45, 2.75) is 44.8 Å². The summed E-state index contributed by atoms with van der Waals surface area (Å²) < 4.78 is 17.8. The van der Waals surface area contributed by atoms with Crippen molar-refractivity contribution in [1.82, 2.24) is 14.1 Å². The van der Waals surface area contributed by atoms with Gasteiger partial charge in [0.2, 0.25) is 0 Å². The molecule has 0 radical (unpaired) electrons. The van der Waals surface area contributed by atoms with Gasteiger partial charge in [0.15, 0.2) is 5.67 Å². The second-order valence-corrected chi connectivity index (χ2v) is 10.0. The average molecular weight is 524 g/mol. The number of alkyl halides is 1. The molecule has 1 N–H and O–H groups in total. The minimum atomic E-state index is -1.69. The van der Waals surface area contributed by atoms with Gasteiger partial charge in [-0.2, -0.15) is 0 Å². The van der Waals surface area contributed by atoms with Gasteiger partial charge in [0.1, 0.15) is 0 Å². The Morgan fingerprint density at radius 1 is 1.30 bits per heavy atom. The summed E-state index contributed by atoms with van der Waals surface area (Å²) in [4.78, 5) is 31.0. The normalized spacial score (nSPS) is 16.9. The van der Waals surface area contributed by atoms with Crippen LogP contribution in [0.4, 0.5) is 4.39 Å². The Morgan fingerprint density at radius 3 is 2.76 bits per heavy atom. The minimum absolute atomic E-state index is 0.113. The van der Waals surface area contributed by atoms with Crippen molar-refractivity contribution >= 4 is 17.2 Å². The van der Waals surface area contributed by atoms with Gasteiger partial charge in [-0.3, -0.25) is 14.3 Å². The largest absolute Gasteiger partial charge is 0.396 e. The van der Waals surface area contributed by atoms with Crippen molar-refractivity contribution in [2.75, 3.05) is 6.61 Å². The van der Waals surface area contributed by atoms with Crippen LogP contribution in [0.2, 0.25) is 5.02 Å². The summed E-state index contributed by atoms with van der Waals surface area (Å²) in [5.41, 5.74) is 1.93. The summed E-state index contributed by atoms with van der Waals surface area (Å²) in [5, 5.41) is 9.80. The van der Waals surface area contributed by atoms with Crippen LogP contribution in [-0.2, 0) is 38.5 Å². The molecule has 2 heterocycles. The Hall–Kier alpha value is -3.29. The van der Waals surface area contributed by atoms with Gasteiger partial charge in [-0.1, -0.05) is 48.5 Å². The summed E-state index contributed by atoms with van der Waals surface area (Å²) >= 11 is 6.05. The molecule has 4 rings (SSSR count). The second-order valence-electron chi connectivity index (χ2n) is 9.60. The van der Waals surface area contributed by atoms with Crippen LogP contribution in [0.3, 0.4) is 0 Å². The topological polar surface area (TPSA) is 77.1 Å². The Labute approximate surface area is 220 Å². The molecule has 194 valence electrons. The van der Waals surface area contributed by atoms with E-state index in [4.69, 9.17) is 11.6 Å². The molecule has 3 aromatic rings. The third-order valence-corrected chi connectivity index (χ3v) is 7.33. The Kier molecular flexibility index (Phi) is 7.95. The summed E-state index contributed by atoms with van der Waals surface area (Å²) in [6.07, 6.45) is 6.52. The number of benzene rings is 1. The third kappa shape index (κ3) is 5.53. The molecule has 2 unspecified atom stereocenters. The van der Waals surface area contributed by atoms with Gasteiger partial charge in [-0.05, 0) is 67.0 Å². The quantitative estimate of drug-likeness (QED) is 0.444. The van der Waals surface area contributed by atoms with Gasteiger partial charge in [-0.15, -0.1) is 0 Å². The van der Waals surface area contributed by atoms with E-state index in [0.29, 0.717) is 47.5 Å². The van der Waals surface area contributed by atoms with E-state index in [1.807, 2.05) is 30.3 Å². The molecule has 8 heteroatoms. The van der Waals surface area contributed by atoms with Crippen molar-refractivity contribution in [2.24, 2.45) is 13.0 Å². The third-order valence-electron chi connectivity index (χ3n) is 7.11. The molecule has 0 aliphatic heterocycles. The molecule has 2 atom stereocenters. The van der Waals surface area contributed by atoms with Gasteiger partial charge in [0.25, 0.3) is 5.56 Å². The maximum Gasteiger partial charge on any atom is 0.330 e. The molecule has 1 aliphatic carbocycles. The fourth-order valence-electron chi connectivity index (χ4n) is 4.93. The highest BCUT2D eigenvalue weighted by molar-refractivity contribution is 6.30. The maximum atomic E-state index is 15.1. The highest BCUT2D eigenvalue weighted by Gasteiger charge is 2.28. The number of hydrogen-bond acceptors (Lipinski definition) is 4. The zero-order valence-corrected chi connectivity index (χ0v) is 21.8. The first-order valence-electron chi connectivity index (χ1n) is 12.3. The molecule has 0 bridgehead atoms. The maximum absolute atomic E-state index is 15.1. The van der Waals surface area contributed by atoms with Crippen LogP contribution in [0.15, 0.2) is 70.9 Å². The molecular formula is C29H31ClFN3O3. The standard InChI is InChI=1S/C29H31ClFN3O3/c1-4-29(2,31)21-8-5-7-19(15-21)24-11-12-26-25(17-20(24)16-23-10-9-22(30)18-32-23)27(36)34(13-6-14-35)28(37)33(26)3/h4-5,7-11,15,18,20,35H,1,6,12-14,16-17H2,2-3H3. The highest BCUT2D eigenvalue weighted by Crippen LogP contribution is 2.35. The Balaban J connectivity index is 1.85. The lowest BCUT2D eigenvalue weighted by molar-refractivity contribution is 0.264. The molecule has 1 aliphatic rings. The van der Waals surface area contributed by atoms with Crippen LogP contribution in [0, 0.1) is 5.92 Å². The number of hydrogen-bond donors (Lipinski definition) is 1. The van der Waals surface area contributed by atoms with Gasteiger partial charge >= 0.3 is 5.69 Å². The number of pyridine rings is 1. The monoisotopic (exact) mass is 523 g/mol. The van der Waals surface area contributed by atoms with Gasteiger partial charge in [-0.25, -0.2) is 9.18 Å². The molecule has 0 saturated heterocycles. The minimum Gasteiger partial charge on any atom is -0.396 e. The molecule has 2 aromatic heterocycles. The molecule has 6 nitrogen and oxygen atoms in total. The first kappa shape index (κ1) is 26.8. The number of halogens is 2. The highest BCUT2D eigenvalue weighted by atomic mass is 35.5. The van der Waals surface area contributed by atoms with Gasteiger partial charge < -0.3 is 9.67 Å². The van der Waals surface area contributed by atoms with E-state index < -0.39 is 11.4 Å². The number of nitrogens with zero attached hydrogens (tertiary/aromatic N) is 3. The number of allylic oxidation sites excluding steroid dienone is 3. The van der Waals surface area contributed by atoms with Crippen molar-refractivity contribution in [3.63, 3.8) is 0 Å². The lowest BCUT2D eigenvalue weighted by Gasteiger charge is -2.22. The van der Waals surface area contributed by atoms with E-state index in [-0.39, 0.29) is 24.6 Å². The molecule has 37 heavy (non-hydrogen) atoms. The molecule has 0 fully saturated rings. The van der Waals surface area contributed by atoms with Crippen molar-refractivity contribution in [1.29, 1.82) is 0 Å². The number of fused-ring (bicyclic) bond motifs is 1. The summed E-state index contributed by atoms with van der Waals surface area (Å²) in [7, 11) is 1.67. The molecule has 0 spiro atoms. The predicted octanol–water partition coefficient (Wildman–Crippen LogP) is 4.39. The first-order chi connectivity index (χ1) is 17.7. The van der Waals surface area contributed by atoms with E-state index >= 15 is 4.39 Å². The van der Waals surface area contributed by atoms with Crippen LogP contribution in [0.1, 0.15) is 41.4 Å². The van der Waals surface area contributed by atoms with Gasteiger partial charge in [0, 0.05) is 49.8 Å². The number of aliphatic hydroxyl groups excluding tert-OH is 1. The van der Waals surface area contributed by atoms with Crippen LogP contribution in [0.5, 0.6) is 0 Å². The molecule has 1 aromatic carbocycles. The molecule has 0 amide bonds. The first-order valence-corrected chi connectivity index (χ1v) is 12.7. The smallest absolute Gasteiger partial charge is 0.330 e. The van der Waals surface area contributed by atoms with Crippen molar-refractivity contribution in [3.8, 4) is 0 Å². The van der Waals surface area contributed by atoms with E-state index in [1.165, 1.54) is 22.1 Å². The second kappa shape index (κ2) is 11.0. The zero-order chi connectivity index (χ0) is 26.7. The Bertz CT molecular complexity index is 1450. The summed E-state index contributed by atoms with van der Waals surface area (Å²) in [6, 6.07) is 11.0. The van der Waals surface area contributed by atoms with E-state index in [0.717, 1.165) is 16.8 Å². The number of aliphatic hydroxyl groups is 1. The fraction of sp³-hybridized carbons (Fsp3) is 0.345. The average Bonchev–Trinajstić information content (AvgIpc) is 3.09. The zero-order valence-electron chi connectivity index (χ0n) is 21.1. The van der Waals surface area contributed by atoms with Crippen molar-refractivity contribution < 1.29 is 9.50 Å². The molecular weight excluding hydrogens is 493 g/mol. The van der Waals surface area contributed by atoms with Crippen LogP contribution >= 0.6 is 11.6 Å². The van der Waals surface area contributed by atoms with E-state index in [2.05, 4.69) is 11.6 Å². The van der Waals surface area contributed by atoms with Gasteiger partial charge in [0.05, 0.1) is 5.02 Å². The number of aromatic nitrogens is 3. The number of rotatable bonds is 8. The lowest BCUT2D eigenvalue weighted by atomic mass is 9.84. The van der Waals surface area contributed by atoms with Crippen molar-refractivity contribution in [3.05, 3.63) is 115 Å². The summed E-state index contributed by atoms with van der Waals surface area (Å²) in [5.74, 6) is -0.156. The SMILES string of the molecule is C=CC(C)(F)c1cccc(C2=CCc3c(c(=O)n(CCCO)c(=O)n3C)CC2Cc2ccc(Cl)cn2)c1. The van der Waals surface area contributed by atoms with Crippen LogP contribution in [0.25, 0.3) is 5.57 Å². The van der Waals surface area contributed by atoms with E-state index in [1.54, 1.807) is 25.4 Å². The van der Waals surface area contributed by atoms with Crippen LogP contribution in [-0.4, -0.2) is 25.8 Å². The summed E-state index contributed by atoms with van der Waals surface area (Å²) in [6.45, 7) is 5.14. The van der Waals surface area contributed by atoms with Crippen LogP contribution < -0.4 is 11.2 Å². The molecule has 0 saturated carbocycles. The Morgan fingerprint density at radius 2 is 2.08 bits per heavy atom. The predicted molar refractivity (Wildman–Crippen MR) is 145 cm³/mol. The lowest BCUT2D eigenvalue weighted by Crippen LogP contribution is -2.43. The van der Waals surface area contributed by atoms with E-state index in [9.17, 15) is 14.7 Å².